The van der Waals surface area contributed by atoms with Gasteiger partial charge >= 0.3 is 0 Å². The quantitative estimate of drug-likeness (QED) is 0.454. The highest BCUT2D eigenvalue weighted by molar-refractivity contribution is 7.41. The van der Waals surface area contributed by atoms with Crippen LogP contribution >= 0.6 is 16.4 Å². The van der Waals surface area contributed by atoms with Gasteiger partial charge in [-0.2, -0.15) is 0 Å². The van der Waals surface area contributed by atoms with Gasteiger partial charge in [0.2, 0.25) is 0 Å². The van der Waals surface area contributed by atoms with Crippen LogP contribution in [-0.2, 0) is 0 Å². The zero-order valence-electron chi connectivity index (χ0n) is 15.7. The van der Waals surface area contributed by atoms with E-state index in [-0.39, 0.29) is 0 Å². The molecule has 0 nitrogen and oxygen atoms in total. The minimum absolute atomic E-state index is 0.522. The lowest BCUT2D eigenvalue weighted by atomic mass is 10.00. The summed E-state index contributed by atoms with van der Waals surface area (Å²) in [5.74, 6) is 0. The van der Waals surface area contributed by atoms with Crippen LogP contribution in [0, 0.1) is 5.41 Å². The highest BCUT2D eigenvalue weighted by Gasteiger charge is 2.17. The summed E-state index contributed by atoms with van der Waals surface area (Å²) in [7, 11) is 3.37. The molecule has 2 rings (SSSR count). The van der Waals surface area contributed by atoms with Crippen LogP contribution in [0.15, 0.2) is 0 Å². The Bertz CT molecular complexity index is 337. The van der Waals surface area contributed by atoms with Gasteiger partial charge in [0.15, 0.2) is 0 Å². The first kappa shape index (κ1) is 19.7. The van der Waals surface area contributed by atoms with Crippen LogP contribution in [0.2, 0.25) is 0 Å². The summed E-state index contributed by atoms with van der Waals surface area (Å²) in [5, 5.41) is 3.74. The Balaban J connectivity index is 1.82. The molecule has 0 radical (unpaired) electrons. The predicted octanol–water partition coefficient (Wildman–Crippen LogP) is 7.74. The molecule has 0 spiro atoms. The van der Waals surface area contributed by atoms with Crippen LogP contribution in [0.1, 0.15) is 104 Å². The van der Waals surface area contributed by atoms with E-state index < -0.39 is 0 Å². The fourth-order valence-corrected chi connectivity index (χ4v) is 6.61. The van der Waals surface area contributed by atoms with Crippen LogP contribution in [0.5, 0.6) is 0 Å². The molecule has 2 fully saturated rings. The standard InChI is InChI=1S/C21H38P2/c1-21(2,17-22-19-13-9-5-3-6-10-14-19)18-23-20-15-11-7-4-8-12-16-20/h3-18H2,1-2H3. The van der Waals surface area contributed by atoms with Gasteiger partial charge in [0, 0.05) is 0 Å². The van der Waals surface area contributed by atoms with Gasteiger partial charge in [0.25, 0.3) is 0 Å². The molecule has 2 saturated carbocycles. The molecule has 0 bridgehead atoms. The van der Waals surface area contributed by atoms with Gasteiger partial charge < -0.3 is 0 Å². The van der Waals surface area contributed by atoms with Crippen molar-refractivity contribution in [1.82, 2.24) is 0 Å². The minimum Gasteiger partial charge on any atom is -0.105 e. The average Bonchev–Trinajstić information content (AvgIpc) is 2.45. The van der Waals surface area contributed by atoms with Gasteiger partial charge in [-0.25, -0.2) is 0 Å². The Morgan fingerprint density at radius 2 is 0.870 bits per heavy atom. The summed E-state index contributed by atoms with van der Waals surface area (Å²) in [4.78, 5) is 0. The van der Waals surface area contributed by atoms with Crippen molar-refractivity contribution in [2.24, 2.45) is 5.41 Å². The lowest BCUT2D eigenvalue weighted by Crippen LogP contribution is -2.17. The van der Waals surface area contributed by atoms with Crippen molar-refractivity contribution in [2.45, 2.75) is 104 Å². The molecule has 2 aliphatic rings. The van der Waals surface area contributed by atoms with Gasteiger partial charge in [0.1, 0.15) is 0 Å². The van der Waals surface area contributed by atoms with Crippen LogP contribution in [0.4, 0.5) is 0 Å². The van der Waals surface area contributed by atoms with E-state index in [1.54, 1.807) is 16.4 Å². The Labute approximate surface area is 148 Å². The first-order valence-corrected chi connectivity index (χ1v) is 12.4. The van der Waals surface area contributed by atoms with E-state index in [9.17, 15) is 0 Å². The molecule has 0 heterocycles. The fourth-order valence-electron chi connectivity index (χ4n) is 3.64. The number of rotatable bonds is 4. The first-order chi connectivity index (χ1) is 11.2. The molecule has 0 unspecified atom stereocenters. The lowest BCUT2D eigenvalue weighted by molar-refractivity contribution is 0.491. The van der Waals surface area contributed by atoms with Gasteiger partial charge in [0.05, 0.1) is 0 Å². The van der Waals surface area contributed by atoms with Gasteiger partial charge in [-0.1, -0.05) is 52.4 Å². The van der Waals surface area contributed by atoms with E-state index in [0.29, 0.717) is 5.41 Å². The van der Waals surface area contributed by atoms with E-state index in [4.69, 9.17) is 0 Å². The molecule has 0 N–H and O–H groups in total. The summed E-state index contributed by atoms with van der Waals surface area (Å²) in [5.41, 5.74) is 0.522. The van der Waals surface area contributed by atoms with Crippen molar-refractivity contribution in [2.75, 3.05) is 12.3 Å². The van der Waals surface area contributed by atoms with Crippen LogP contribution in [0.3, 0.4) is 0 Å². The fraction of sp³-hybridized carbons (Fsp3) is 0.905. The Kier molecular flexibility index (Phi) is 9.45. The maximum absolute atomic E-state index is 2.51. The molecule has 2 aliphatic carbocycles. The maximum Gasteiger partial charge on any atom is -0.00490 e. The van der Waals surface area contributed by atoms with E-state index in [1.807, 2.05) is 10.6 Å². The maximum atomic E-state index is 2.51. The van der Waals surface area contributed by atoms with E-state index in [0.717, 1.165) is 0 Å². The van der Waals surface area contributed by atoms with E-state index >= 15 is 0 Å². The normalized spacial score (nSPS) is 22.5. The molecule has 0 aromatic heterocycles. The van der Waals surface area contributed by atoms with E-state index in [2.05, 4.69) is 13.8 Å². The predicted molar refractivity (Wildman–Crippen MR) is 112 cm³/mol. The van der Waals surface area contributed by atoms with Crippen molar-refractivity contribution in [3.63, 3.8) is 0 Å². The Morgan fingerprint density at radius 3 is 1.22 bits per heavy atom. The third kappa shape index (κ3) is 8.84. The largest absolute Gasteiger partial charge is 0.105 e. The molecule has 0 amide bonds. The highest BCUT2D eigenvalue weighted by atomic mass is 31.1. The molecular weight excluding hydrogens is 314 g/mol. The highest BCUT2D eigenvalue weighted by Crippen LogP contribution is 2.30. The molecule has 23 heavy (non-hydrogen) atoms. The van der Waals surface area contributed by atoms with Gasteiger partial charge in [-0.3, -0.25) is 0 Å². The molecule has 2 heteroatoms. The molecule has 0 aliphatic heterocycles. The second kappa shape index (κ2) is 11.1. The summed E-state index contributed by atoms with van der Waals surface area (Å²) in [6.45, 7) is 5.03. The average molecular weight is 352 g/mol. The van der Waals surface area contributed by atoms with Gasteiger partial charge in [-0.15, -0.1) is 16.4 Å². The van der Waals surface area contributed by atoms with Crippen molar-refractivity contribution in [3.05, 3.63) is 0 Å². The second-order valence-electron chi connectivity index (χ2n) is 8.46. The summed E-state index contributed by atoms with van der Waals surface area (Å²) in [6, 6.07) is 0. The molecule has 132 valence electrons. The molecule has 0 aromatic rings. The van der Waals surface area contributed by atoms with Crippen LogP contribution < -0.4 is 0 Å². The number of hydrogen-bond donors (Lipinski definition) is 0. The SMILES string of the molecule is CC(C)(CP=C1CCCCCCC1)CP=C1CCCCCCC1. The second-order valence-corrected chi connectivity index (χ2v) is 11.0. The first-order valence-electron chi connectivity index (χ1n) is 10.2. The number of hydrogen-bond acceptors (Lipinski definition) is 0. The minimum atomic E-state index is 0.522. The van der Waals surface area contributed by atoms with Crippen molar-refractivity contribution in [3.8, 4) is 0 Å². The summed E-state index contributed by atoms with van der Waals surface area (Å²) >= 11 is 0. The smallest absolute Gasteiger partial charge is 0.00490 e. The van der Waals surface area contributed by atoms with Crippen molar-refractivity contribution >= 4 is 27.0 Å². The van der Waals surface area contributed by atoms with E-state index in [1.165, 1.54) is 102 Å². The van der Waals surface area contributed by atoms with Crippen LogP contribution in [-0.4, -0.2) is 22.9 Å². The molecular formula is C21H38P2. The molecule has 0 saturated heterocycles. The lowest BCUT2D eigenvalue weighted by Gasteiger charge is -2.22. The van der Waals surface area contributed by atoms with Crippen molar-refractivity contribution < 1.29 is 0 Å². The Hall–Kier alpha value is 0.340. The zero-order chi connectivity index (χ0) is 16.4. The third-order valence-electron chi connectivity index (χ3n) is 5.32. The van der Waals surface area contributed by atoms with Crippen molar-refractivity contribution in [1.29, 1.82) is 0 Å². The summed E-state index contributed by atoms with van der Waals surface area (Å²) < 4.78 is 0. The zero-order valence-corrected chi connectivity index (χ0v) is 17.5. The Morgan fingerprint density at radius 1 is 0.565 bits per heavy atom. The van der Waals surface area contributed by atoms with Gasteiger partial charge in [-0.05, 0) is 79.7 Å². The third-order valence-corrected chi connectivity index (χ3v) is 9.14. The molecule has 0 aromatic carbocycles. The monoisotopic (exact) mass is 352 g/mol. The summed E-state index contributed by atoms with van der Waals surface area (Å²) in [6.07, 6.45) is 23.2. The van der Waals surface area contributed by atoms with Crippen LogP contribution in [0.25, 0.3) is 0 Å². The molecule has 0 atom stereocenters. The topological polar surface area (TPSA) is 0 Å².